The molecule has 1 aliphatic heterocycles. The van der Waals surface area contributed by atoms with Gasteiger partial charge in [0.1, 0.15) is 12.4 Å². The zero-order valence-electron chi connectivity index (χ0n) is 6.21. The molecule has 1 aromatic heterocycles. The standard InChI is InChI=1S/C7H6N4O/c12-5-11-4-8-3-6-7(11)10-2-1-9-6/h1-3,5H,4H2. The van der Waals surface area contributed by atoms with Gasteiger partial charge in [-0.05, 0) is 0 Å². The quantitative estimate of drug-likeness (QED) is 0.538. The second-order valence-corrected chi connectivity index (χ2v) is 2.29. The second kappa shape index (κ2) is 2.69. The Kier molecular flexibility index (Phi) is 1.55. The summed E-state index contributed by atoms with van der Waals surface area (Å²) in [7, 11) is 0. The minimum atomic E-state index is 0.329. The zero-order valence-corrected chi connectivity index (χ0v) is 6.21. The van der Waals surface area contributed by atoms with Crippen molar-refractivity contribution in [3.8, 4) is 0 Å². The average molecular weight is 162 g/mol. The number of hydrogen-bond acceptors (Lipinski definition) is 4. The predicted molar refractivity (Wildman–Crippen MR) is 43.0 cm³/mol. The molecule has 0 atom stereocenters. The maximum atomic E-state index is 10.5. The summed E-state index contributed by atoms with van der Waals surface area (Å²) < 4.78 is 0. The van der Waals surface area contributed by atoms with Crippen LogP contribution in [-0.4, -0.2) is 29.3 Å². The third kappa shape index (κ3) is 0.952. The van der Waals surface area contributed by atoms with Gasteiger partial charge in [-0.2, -0.15) is 0 Å². The van der Waals surface area contributed by atoms with E-state index in [1.54, 1.807) is 18.6 Å². The van der Waals surface area contributed by atoms with Crippen LogP contribution >= 0.6 is 0 Å². The summed E-state index contributed by atoms with van der Waals surface area (Å²) >= 11 is 0. The molecule has 60 valence electrons. The van der Waals surface area contributed by atoms with Gasteiger partial charge in [0.25, 0.3) is 0 Å². The van der Waals surface area contributed by atoms with Crippen molar-refractivity contribution in [2.24, 2.45) is 4.99 Å². The molecule has 2 rings (SSSR count). The fraction of sp³-hybridized carbons (Fsp3) is 0.143. The number of carbonyl (C=O) groups is 1. The lowest BCUT2D eigenvalue weighted by molar-refractivity contribution is -0.107. The third-order valence-corrected chi connectivity index (χ3v) is 1.55. The van der Waals surface area contributed by atoms with Crippen LogP contribution in [-0.2, 0) is 4.79 Å². The van der Waals surface area contributed by atoms with Crippen LogP contribution in [0.5, 0.6) is 0 Å². The summed E-state index contributed by atoms with van der Waals surface area (Å²) in [6, 6.07) is 0. The number of fused-ring (bicyclic) bond motifs is 1. The van der Waals surface area contributed by atoms with Gasteiger partial charge in [0.15, 0.2) is 5.82 Å². The number of amides is 1. The molecule has 0 unspecified atom stereocenters. The van der Waals surface area contributed by atoms with E-state index in [4.69, 9.17) is 0 Å². The van der Waals surface area contributed by atoms with Gasteiger partial charge in [0.2, 0.25) is 6.41 Å². The molecule has 1 aliphatic rings. The molecule has 12 heavy (non-hydrogen) atoms. The predicted octanol–water partition coefficient (Wildman–Crippen LogP) is -0.171. The van der Waals surface area contributed by atoms with Gasteiger partial charge in [-0.15, -0.1) is 0 Å². The number of aromatic nitrogens is 2. The van der Waals surface area contributed by atoms with Crippen molar-refractivity contribution in [2.45, 2.75) is 0 Å². The summed E-state index contributed by atoms with van der Waals surface area (Å²) in [6.45, 7) is 0.329. The summed E-state index contributed by atoms with van der Waals surface area (Å²) in [6.07, 6.45) is 5.43. The van der Waals surface area contributed by atoms with Crippen molar-refractivity contribution in [3.05, 3.63) is 18.1 Å². The first-order valence-electron chi connectivity index (χ1n) is 3.44. The smallest absolute Gasteiger partial charge is 0.216 e. The number of anilines is 1. The van der Waals surface area contributed by atoms with Crippen molar-refractivity contribution < 1.29 is 4.79 Å². The Balaban J connectivity index is 2.52. The lowest BCUT2D eigenvalue weighted by Gasteiger charge is -2.17. The average Bonchev–Trinajstić information content (AvgIpc) is 2.17. The molecule has 5 nitrogen and oxygen atoms in total. The van der Waals surface area contributed by atoms with E-state index in [2.05, 4.69) is 15.0 Å². The van der Waals surface area contributed by atoms with E-state index in [-0.39, 0.29) is 0 Å². The SMILES string of the molecule is O=CN1CN=Cc2nccnc21. The zero-order chi connectivity index (χ0) is 8.39. The summed E-state index contributed by atoms with van der Waals surface area (Å²) in [5.41, 5.74) is 0.635. The second-order valence-electron chi connectivity index (χ2n) is 2.29. The Bertz CT molecular complexity index is 336. The molecule has 0 bridgehead atoms. The van der Waals surface area contributed by atoms with Crippen molar-refractivity contribution >= 4 is 18.4 Å². The molecule has 0 aliphatic carbocycles. The van der Waals surface area contributed by atoms with Crippen LogP contribution < -0.4 is 4.90 Å². The van der Waals surface area contributed by atoms with Gasteiger partial charge in [0, 0.05) is 12.4 Å². The molecule has 0 fully saturated rings. The van der Waals surface area contributed by atoms with Crippen LogP contribution in [0.15, 0.2) is 17.4 Å². The van der Waals surface area contributed by atoms with Crippen LogP contribution in [0.1, 0.15) is 5.69 Å². The van der Waals surface area contributed by atoms with Crippen LogP contribution in [0, 0.1) is 0 Å². The van der Waals surface area contributed by atoms with Crippen molar-refractivity contribution in [2.75, 3.05) is 11.6 Å². The van der Waals surface area contributed by atoms with Crippen LogP contribution in [0.4, 0.5) is 5.82 Å². The molecule has 0 saturated heterocycles. The van der Waals surface area contributed by atoms with Gasteiger partial charge >= 0.3 is 0 Å². The van der Waals surface area contributed by atoms with E-state index in [1.807, 2.05) is 0 Å². The number of rotatable bonds is 1. The largest absolute Gasteiger partial charge is 0.278 e. The molecule has 5 heteroatoms. The van der Waals surface area contributed by atoms with Gasteiger partial charge in [0.05, 0.1) is 6.21 Å². The molecule has 0 N–H and O–H groups in total. The number of aliphatic imine (C=N–C) groups is 1. The van der Waals surface area contributed by atoms with E-state index in [0.29, 0.717) is 24.6 Å². The third-order valence-electron chi connectivity index (χ3n) is 1.55. The first-order valence-corrected chi connectivity index (χ1v) is 3.44. The highest BCUT2D eigenvalue weighted by atomic mass is 16.1. The molecule has 1 aromatic rings. The first kappa shape index (κ1) is 6.90. The highest BCUT2D eigenvalue weighted by molar-refractivity contribution is 5.90. The Morgan fingerprint density at radius 3 is 3.08 bits per heavy atom. The minimum Gasteiger partial charge on any atom is -0.278 e. The number of carbonyl (C=O) groups excluding carboxylic acids is 1. The number of nitrogens with zero attached hydrogens (tertiary/aromatic N) is 4. The molecule has 0 spiro atoms. The van der Waals surface area contributed by atoms with E-state index >= 15 is 0 Å². The van der Waals surface area contributed by atoms with Crippen molar-refractivity contribution in [1.82, 2.24) is 9.97 Å². The van der Waals surface area contributed by atoms with Crippen LogP contribution in [0.3, 0.4) is 0 Å². The maximum absolute atomic E-state index is 10.5. The molecule has 0 saturated carbocycles. The van der Waals surface area contributed by atoms with Crippen LogP contribution in [0.25, 0.3) is 0 Å². The molecular formula is C7H6N4O. The van der Waals surface area contributed by atoms with Gasteiger partial charge < -0.3 is 0 Å². The highest BCUT2D eigenvalue weighted by Crippen LogP contribution is 2.14. The van der Waals surface area contributed by atoms with Gasteiger partial charge in [-0.1, -0.05) is 0 Å². The lowest BCUT2D eigenvalue weighted by Crippen LogP contribution is -2.26. The van der Waals surface area contributed by atoms with Crippen LogP contribution in [0.2, 0.25) is 0 Å². The van der Waals surface area contributed by atoms with E-state index in [9.17, 15) is 4.79 Å². The number of hydrogen-bond donors (Lipinski definition) is 0. The summed E-state index contributed by atoms with van der Waals surface area (Å²) in [5, 5.41) is 0. The molecule has 1 amide bonds. The van der Waals surface area contributed by atoms with Gasteiger partial charge in [-0.3, -0.25) is 14.7 Å². The van der Waals surface area contributed by atoms with Gasteiger partial charge in [-0.25, -0.2) is 9.97 Å². The van der Waals surface area contributed by atoms with Crippen molar-refractivity contribution in [3.63, 3.8) is 0 Å². The Labute approximate surface area is 68.8 Å². The topological polar surface area (TPSA) is 58.5 Å². The minimum absolute atomic E-state index is 0.329. The summed E-state index contributed by atoms with van der Waals surface area (Å²) in [4.78, 5) is 23.9. The van der Waals surface area contributed by atoms with Crippen molar-refractivity contribution in [1.29, 1.82) is 0 Å². The monoisotopic (exact) mass is 162 g/mol. The Hall–Kier alpha value is -1.78. The molecular weight excluding hydrogens is 156 g/mol. The lowest BCUT2D eigenvalue weighted by atomic mass is 10.4. The maximum Gasteiger partial charge on any atom is 0.216 e. The van der Waals surface area contributed by atoms with E-state index in [1.165, 1.54) is 4.90 Å². The fourth-order valence-corrected chi connectivity index (χ4v) is 1.02. The normalized spacial score (nSPS) is 14.2. The van der Waals surface area contributed by atoms with E-state index in [0.717, 1.165) is 0 Å². The Morgan fingerprint density at radius 1 is 1.42 bits per heavy atom. The van der Waals surface area contributed by atoms with E-state index < -0.39 is 0 Å². The molecule has 2 heterocycles. The highest BCUT2D eigenvalue weighted by Gasteiger charge is 2.14. The molecule has 0 aromatic carbocycles. The fourth-order valence-electron chi connectivity index (χ4n) is 1.02. The summed E-state index contributed by atoms with van der Waals surface area (Å²) in [5.74, 6) is 0.572. The first-order chi connectivity index (χ1) is 5.92. The Morgan fingerprint density at radius 2 is 2.25 bits per heavy atom. The molecule has 0 radical (unpaired) electrons.